The fourth-order valence-electron chi connectivity index (χ4n) is 2.23. The lowest BCUT2D eigenvalue weighted by Gasteiger charge is -2.34. The number of aliphatic carboxylic acids is 1. The summed E-state index contributed by atoms with van der Waals surface area (Å²) in [6, 6.07) is 6.21. The largest absolute Gasteiger partial charge is 0.480 e. The number of hydrogen-bond acceptors (Lipinski definition) is 2. The molecule has 0 unspecified atom stereocenters. The minimum Gasteiger partial charge on any atom is -0.480 e. The van der Waals surface area contributed by atoms with Crippen molar-refractivity contribution in [3.05, 3.63) is 47.0 Å². The topological polar surface area (TPSA) is 69.6 Å². The lowest BCUT2D eigenvalue weighted by Crippen LogP contribution is -2.52. The van der Waals surface area contributed by atoms with E-state index in [0.717, 1.165) is 11.1 Å². The van der Waals surface area contributed by atoms with Crippen LogP contribution in [0.5, 0.6) is 0 Å². The maximum Gasteiger partial charge on any atom is 0.326 e. The monoisotopic (exact) mass is 294 g/mol. The summed E-state index contributed by atoms with van der Waals surface area (Å²) >= 11 is 5.60. The summed E-state index contributed by atoms with van der Waals surface area (Å²) in [7, 11) is 0. The Labute approximate surface area is 121 Å². The fourth-order valence-corrected chi connectivity index (χ4v) is 2.30. The molecule has 0 bridgehead atoms. The molecule has 1 aromatic rings. The molecule has 2 N–H and O–H groups in total. The van der Waals surface area contributed by atoms with Crippen LogP contribution in [0.2, 0.25) is 0 Å². The zero-order valence-corrected chi connectivity index (χ0v) is 11.6. The van der Waals surface area contributed by atoms with E-state index in [9.17, 15) is 14.7 Å². The second kappa shape index (κ2) is 5.96. The Morgan fingerprint density at radius 3 is 2.65 bits per heavy atom. The molecule has 2 rings (SSSR count). The molecule has 0 saturated heterocycles. The maximum absolute atomic E-state index is 12.1. The molecule has 106 valence electrons. The highest BCUT2D eigenvalue weighted by atomic mass is 35.5. The summed E-state index contributed by atoms with van der Waals surface area (Å²) in [4.78, 5) is 24.7. The van der Waals surface area contributed by atoms with E-state index in [1.807, 2.05) is 24.3 Å². The number of nitrogens with zero attached hydrogens (tertiary/aromatic N) is 1. The molecular formula is C14H15ClN2O3. The molecule has 0 saturated carbocycles. The number of hydrogen-bond donors (Lipinski definition) is 2. The van der Waals surface area contributed by atoms with Gasteiger partial charge in [-0.1, -0.05) is 42.4 Å². The summed E-state index contributed by atoms with van der Waals surface area (Å²) < 4.78 is 0. The Hall–Kier alpha value is -2.01. The van der Waals surface area contributed by atoms with Crippen LogP contribution in [0, 0.1) is 0 Å². The number of carboxylic acid groups (broad SMARTS) is 1. The van der Waals surface area contributed by atoms with Crippen LogP contribution < -0.4 is 5.32 Å². The number of nitrogens with one attached hydrogen (secondary N) is 1. The van der Waals surface area contributed by atoms with E-state index in [-0.39, 0.29) is 13.1 Å². The Balaban J connectivity index is 2.20. The van der Waals surface area contributed by atoms with E-state index >= 15 is 0 Å². The van der Waals surface area contributed by atoms with Crippen LogP contribution in [0.1, 0.15) is 11.1 Å². The van der Waals surface area contributed by atoms with Crippen LogP contribution in [0.4, 0.5) is 4.79 Å². The van der Waals surface area contributed by atoms with Crippen LogP contribution in [0.15, 0.2) is 35.9 Å². The smallest absolute Gasteiger partial charge is 0.326 e. The first-order valence-electron chi connectivity index (χ1n) is 6.16. The highest BCUT2D eigenvalue weighted by Gasteiger charge is 2.34. The third kappa shape index (κ3) is 3.11. The molecule has 0 aromatic heterocycles. The average molecular weight is 295 g/mol. The van der Waals surface area contributed by atoms with Crippen molar-refractivity contribution < 1.29 is 14.7 Å². The molecule has 2 amide bonds. The van der Waals surface area contributed by atoms with Gasteiger partial charge in [-0.25, -0.2) is 9.59 Å². The third-order valence-corrected chi connectivity index (χ3v) is 3.36. The zero-order valence-electron chi connectivity index (χ0n) is 10.8. The van der Waals surface area contributed by atoms with Crippen LogP contribution in [0.3, 0.4) is 0 Å². The molecular weight excluding hydrogens is 280 g/mol. The lowest BCUT2D eigenvalue weighted by atomic mass is 9.94. The Morgan fingerprint density at radius 1 is 1.40 bits per heavy atom. The molecule has 1 heterocycles. The van der Waals surface area contributed by atoms with Gasteiger partial charge in [0.2, 0.25) is 0 Å². The quantitative estimate of drug-likeness (QED) is 0.895. The van der Waals surface area contributed by atoms with Gasteiger partial charge in [0, 0.05) is 18.0 Å². The van der Waals surface area contributed by atoms with E-state index in [1.165, 1.54) is 4.90 Å². The molecule has 1 atom stereocenters. The van der Waals surface area contributed by atoms with Gasteiger partial charge in [-0.3, -0.25) is 0 Å². The van der Waals surface area contributed by atoms with Crippen LogP contribution in [-0.4, -0.2) is 34.6 Å². The predicted octanol–water partition coefficient (Wildman–Crippen LogP) is 1.96. The van der Waals surface area contributed by atoms with Crippen molar-refractivity contribution in [3.8, 4) is 0 Å². The number of benzene rings is 1. The molecule has 0 fully saturated rings. The zero-order chi connectivity index (χ0) is 14.7. The van der Waals surface area contributed by atoms with E-state index in [4.69, 9.17) is 11.6 Å². The number of halogens is 1. The predicted molar refractivity (Wildman–Crippen MR) is 75.5 cm³/mol. The molecule has 6 heteroatoms. The first-order valence-corrected chi connectivity index (χ1v) is 6.54. The molecule has 20 heavy (non-hydrogen) atoms. The van der Waals surface area contributed by atoms with Gasteiger partial charge in [-0.2, -0.15) is 0 Å². The van der Waals surface area contributed by atoms with Crippen molar-refractivity contribution in [3.63, 3.8) is 0 Å². The number of fused-ring (bicyclic) bond motifs is 1. The summed E-state index contributed by atoms with van der Waals surface area (Å²) in [5, 5.41) is 12.1. The van der Waals surface area contributed by atoms with Crippen molar-refractivity contribution >= 4 is 23.6 Å². The van der Waals surface area contributed by atoms with Gasteiger partial charge in [0.15, 0.2) is 0 Å². The highest BCUT2D eigenvalue weighted by molar-refractivity contribution is 6.29. The van der Waals surface area contributed by atoms with Gasteiger partial charge in [-0.15, -0.1) is 0 Å². The summed E-state index contributed by atoms with van der Waals surface area (Å²) in [6.07, 6.45) is 0.306. The van der Waals surface area contributed by atoms with E-state index in [1.54, 1.807) is 0 Å². The lowest BCUT2D eigenvalue weighted by molar-refractivity contribution is -0.142. The SMILES string of the molecule is C=C(Cl)CNC(=O)N1Cc2ccccc2C[C@H]1C(=O)O. The molecule has 1 aliphatic heterocycles. The number of urea groups is 1. The minimum atomic E-state index is -1.01. The molecule has 1 aliphatic rings. The molecule has 1 aromatic carbocycles. The third-order valence-electron chi connectivity index (χ3n) is 3.23. The Morgan fingerprint density at radius 2 is 2.05 bits per heavy atom. The van der Waals surface area contributed by atoms with Gasteiger partial charge in [0.05, 0.1) is 6.54 Å². The number of carboxylic acids is 1. The number of amides is 2. The van der Waals surface area contributed by atoms with Crippen molar-refractivity contribution in [1.29, 1.82) is 0 Å². The number of carbonyl (C=O) groups is 2. The second-order valence-corrected chi connectivity index (χ2v) is 5.17. The van der Waals surface area contributed by atoms with Gasteiger partial charge in [0.1, 0.15) is 6.04 Å². The van der Waals surface area contributed by atoms with Crippen LogP contribution >= 0.6 is 11.6 Å². The van der Waals surface area contributed by atoms with Gasteiger partial charge >= 0.3 is 12.0 Å². The van der Waals surface area contributed by atoms with Crippen molar-refractivity contribution in [1.82, 2.24) is 10.2 Å². The van der Waals surface area contributed by atoms with E-state index in [2.05, 4.69) is 11.9 Å². The molecule has 0 radical (unpaired) electrons. The van der Waals surface area contributed by atoms with Crippen molar-refractivity contribution in [2.75, 3.05) is 6.54 Å². The maximum atomic E-state index is 12.1. The molecule has 0 spiro atoms. The van der Waals surface area contributed by atoms with Gasteiger partial charge in [0.25, 0.3) is 0 Å². The standard InChI is InChI=1S/C14H15ClN2O3/c1-9(15)7-16-14(20)17-8-11-5-3-2-4-10(11)6-12(17)13(18)19/h2-5,12H,1,6-8H2,(H,16,20)(H,18,19)/t12-/m0/s1. The second-order valence-electron chi connectivity index (χ2n) is 4.63. The minimum absolute atomic E-state index is 0.116. The summed E-state index contributed by atoms with van der Waals surface area (Å²) in [5.41, 5.74) is 1.93. The van der Waals surface area contributed by atoms with Gasteiger partial charge in [-0.05, 0) is 11.1 Å². The van der Waals surface area contributed by atoms with Gasteiger partial charge < -0.3 is 15.3 Å². The normalized spacial score (nSPS) is 17.2. The Kier molecular flexibility index (Phi) is 4.29. The van der Waals surface area contributed by atoms with Crippen LogP contribution in [0.25, 0.3) is 0 Å². The van der Waals surface area contributed by atoms with Crippen LogP contribution in [-0.2, 0) is 17.8 Å². The molecule has 0 aliphatic carbocycles. The molecule has 5 nitrogen and oxygen atoms in total. The Bertz CT molecular complexity index is 559. The summed E-state index contributed by atoms with van der Waals surface area (Å²) in [6.45, 7) is 3.87. The first kappa shape index (κ1) is 14.4. The van der Waals surface area contributed by atoms with Crippen molar-refractivity contribution in [2.45, 2.75) is 19.0 Å². The van der Waals surface area contributed by atoms with Crippen molar-refractivity contribution in [2.24, 2.45) is 0 Å². The van der Waals surface area contributed by atoms with E-state index < -0.39 is 18.0 Å². The highest BCUT2D eigenvalue weighted by Crippen LogP contribution is 2.23. The average Bonchev–Trinajstić information content (AvgIpc) is 2.43. The number of rotatable bonds is 3. The fraction of sp³-hybridized carbons (Fsp3) is 0.286. The first-order chi connectivity index (χ1) is 9.49. The van der Waals surface area contributed by atoms with E-state index in [0.29, 0.717) is 11.5 Å². The number of carbonyl (C=O) groups excluding carboxylic acids is 1. The summed E-state index contributed by atoms with van der Waals surface area (Å²) in [5.74, 6) is -1.01.